The van der Waals surface area contributed by atoms with Gasteiger partial charge in [-0.2, -0.15) is 0 Å². The second kappa shape index (κ2) is 5.53. The molecule has 2 N–H and O–H groups in total. The van der Waals surface area contributed by atoms with Crippen molar-refractivity contribution >= 4 is 34.6 Å². The average Bonchev–Trinajstić information content (AvgIpc) is 3.13. The van der Waals surface area contributed by atoms with Crippen molar-refractivity contribution in [3.05, 3.63) is 32.3 Å². The molecule has 1 atom stereocenters. The van der Waals surface area contributed by atoms with Gasteiger partial charge in [0, 0.05) is 31.8 Å². The number of benzene rings is 1. The summed E-state index contributed by atoms with van der Waals surface area (Å²) in [6, 6.07) is 2.80. The third kappa shape index (κ3) is 2.94. The first-order valence-electron chi connectivity index (χ1n) is 6.02. The fraction of sp³-hybridized carbons (Fsp3) is 0.500. The highest BCUT2D eigenvalue weighted by Crippen LogP contribution is 2.42. The first kappa shape index (κ1) is 14.4. The van der Waals surface area contributed by atoms with Crippen LogP contribution in [0.25, 0.3) is 0 Å². The normalized spacial score (nSPS) is 16.2. The van der Waals surface area contributed by atoms with Crippen LogP contribution in [0.3, 0.4) is 0 Å². The van der Waals surface area contributed by atoms with E-state index in [1.807, 2.05) is 11.9 Å². The van der Waals surface area contributed by atoms with E-state index in [1.54, 1.807) is 0 Å². The fourth-order valence-electron chi connectivity index (χ4n) is 2.31. The topological polar surface area (TPSA) is 72.4 Å². The molecule has 0 bridgehead atoms. The SMILES string of the molecule is CN(c1c(Cl)cc([N+](=O)[O-])cc1Cl)C(CN)C1CC1. The van der Waals surface area contributed by atoms with E-state index in [0.717, 1.165) is 12.8 Å². The summed E-state index contributed by atoms with van der Waals surface area (Å²) in [5, 5.41) is 11.3. The zero-order valence-electron chi connectivity index (χ0n) is 10.5. The van der Waals surface area contributed by atoms with Crippen LogP contribution < -0.4 is 10.6 Å². The number of non-ortho nitro benzene ring substituents is 1. The summed E-state index contributed by atoms with van der Waals surface area (Å²) in [5.74, 6) is 0.553. The highest BCUT2D eigenvalue weighted by molar-refractivity contribution is 6.39. The Labute approximate surface area is 121 Å². The lowest BCUT2D eigenvalue weighted by atomic mass is 10.1. The van der Waals surface area contributed by atoms with Crippen molar-refractivity contribution in [3.63, 3.8) is 0 Å². The monoisotopic (exact) mass is 303 g/mol. The van der Waals surface area contributed by atoms with Crippen LogP contribution in [0.1, 0.15) is 12.8 Å². The minimum atomic E-state index is -0.511. The number of likely N-dealkylation sites (N-methyl/N-ethyl adjacent to an activating group) is 1. The first-order valence-corrected chi connectivity index (χ1v) is 6.77. The Morgan fingerprint density at radius 1 is 1.47 bits per heavy atom. The molecule has 1 aliphatic carbocycles. The van der Waals surface area contributed by atoms with Crippen LogP contribution in [0.5, 0.6) is 0 Å². The number of nitrogens with zero attached hydrogens (tertiary/aromatic N) is 2. The summed E-state index contributed by atoms with van der Waals surface area (Å²) in [6.45, 7) is 0.505. The molecule has 0 aliphatic heterocycles. The van der Waals surface area contributed by atoms with Gasteiger partial charge in [0.2, 0.25) is 0 Å². The Morgan fingerprint density at radius 3 is 2.37 bits per heavy atom. The molecule has 1 unspecified atom stereocenters. The lowest BCUT2D eigenvalue weighted by Gasteiger charge is -2.30. The number of nitro benzene ring substituents is 1. The van der Waals surface area contributed by atoms with Gasteiger partial charge in [-0.15, -0.1) is 0 Å². The molecule has 1 saturated carbocycles. The van der Waals surface area contributed by atoms with E-state index in [-0.39, 0.29) is 21.8 Å². The van der Waals surface area contributed by atoms with Crippen LogP contribution in [0.2, 0.25) is 10.0 Å². The minimum absolute atomic E-state index is 0.108. The molecule has 0 heterocycles. The number of hydrogen-bond donors (Lipinski definition) is 1. The third-order valence-corrected chi connectivity index (χ3v) is 4.05. The molecule has 0 amide bonds. The van der Waals surface area contributed by atoms with Crippen LogP contribution in [0, 0.1) is 16.0 Å². The van der Waals surface area contributed by atoms with E-state index in [0.29, 0.717) is 18.2 Å². The van der Waals surface area contributed by atoms with E-state index in [2.05, 4.69) is 0 Å². The van der Waals surface area contributed by atoms with E-state index < -0.39 is 4.92 Å². The van der Waals surface area contributed by atoms with Crippen LogP contribution in [-0.2, 0) is 0 Å². The smallest absolute Gasteiger partial charge is 0.272 e. The predicted octanol–water partition coefficient (Wildman–Crippen LogP) is 3.08. The van der Waals surface area contributed by atoms with Crippen molar-refractivity contribution in [1.29, 1.82) is 0 Å². The largest absolute Gasteiger partial charge is 0.368 e. The van der Waals surface area contributed by atoms with Crippen LogP contribution in [-0.4, -0.2) is 24.6 Å². The van der Waals surface area contributed by atoms with E-state index in [9.17, 15) is 10.1 Å². The van der Waals surface area contributed by atoms with Gasteiger partial charge in [0.1, 0.15) is 0 Å². The summed E-state index contributed by atoms with van der Waals surface area (Å²) >= 11 is 12.3. The lowest BCUT2D eigenvalue weighted by molar-refractivity contribution is -0.384. The average molecular weight is 304 g/mol. The molecule has 2 rings (SSSR count). The standard InChI is InChI=1S/C12H15Cl2N3O2/c1-16(11(6-15)7-2-3-7)12-9(13)4-8(17(18)19)5-10(12)14/h4-5,7,11H,2-3,6,15H2,1H3. The maximum Gasteiger partial charge on any atom is 0.272 e. The highest BCUT2D eigenvalue weighted by atomic mass is 35.5. The molecule has 0 aromatic heterocycles. The van der Waals surface area contributed by atoms with Crippen LogP contribution in [0.4, 0.5) is 11.4 Å². The van der Waals surface area contributed by atoms with Gasteiger partial charge in [0.15, 0.2) is 0 Å². The van der Waals surface area contributed by atoms with E-state index >= 15 is 0 Å². The van der Waals surface area contributed by atoms with Crippen LogP contribution >= 0.6 is 23.2 Å². The Morgan fingerprint density at radius 2 is 2.00 bits per heavy atom. The summed E-state index contributed by atoms with van der Waals surface area (Å²) in [4.78, 5) is 12.2. The summed E-state index contributed by atoms with van der Waals surface area (Å²) in [7, 11) is 1.87. The van der Waals surface area contributed by atoms with Gasteiger partial charge in [-0.1, -0.05) is 23.2 Å². The van der Waals surface area contributed by atoms with Crippen molar-refractivity contribution in [2.24, 2.45) is 11.7 Å². The molecule has 0 spiro atoms. The summed E-state index contributed by atoms with van der Waals surface area (Å²) in [5.41, 5.74) is 6.29. The van der Waals surface area contributed by atoms with Gasteiger partial charge >= 0.3 is 0 Å². The zero-order valence-corrected chi connectivity index (χ0v) is 12.0. The number of anilines is 1. The maximum absolute atomic E-state index is 10.7. The highest BCUT2D eigenvalue weighted by Gasteiger charge is 2.34. The van der Waals surface area contributed by atoms with Gasteiger partial charge < -0.3 is 10.6 Å². The van der Waals surface area contributed by atoms with Crippen molar-refractivity contribution in [2.75, 3.05) is 18.5 Å². The van der Waals surface area contributed by atoms with E-state index in [1.165, 1.54) is 12.1 Å². The Hall–Kier alpha value is -1.04. The first-order chi connectivity index (χ1) is 8.95. The minimum Gasteiger partial charge on any atom is -0.368 e. The molecule has 0 radical (unpaired) electrons. The quantitative estimate of drug-likeness (QED) is 0.670. The molecular weight excluding hydrogens is 289 g/mol. The second-order valence-electron chi connectivity index (χ2n) is 4.77. The number of nitrogens with two attached hydrogens (primary N) is 1. The molecule has 19 heavy (non-hydrogen) atoms. The van der Waals surface area contributed by atoms with Gasteiger partial charge in [0.05, 0.1) is 20.7 Å². The van der Waals surface area contributed by atoms with Gasteiger partial charge in [-0.3, -0.25) is 10.1 Å². The Bertz CT molecular complexity index is 483. The Balaban J connectivity index is 2.35. The number of halogens is 2. The molecular formula is C12H15Cl2N3O2. The molecule has 104 valence electrons. The molecule has 7 heteroatoms. The summed E-state index contributed by atoms with van der Waals surface area (Å²) < 4.78 is 0. The van der Waals surface area contributed by atoms with Crippen molar-refractivity contribution < 1.29 is 4.92 Å². The Kier molecular flexibility index (Phi) is 4.18. The van der Waals surface area contributed by atoms with E-state index in [4.69, 9.17) is 28.9 Å². The van der Waals surface area contributed by atoms with Crippen molar-refractivity contribution in [3.8, 4) is 0 Å². The number of rotatable bonds is 5. The molecule has 1 aliphatic rings. The fourth-order valence-corrected chi connectivity index (χ4v) is 3.05. The zero-order chi connectivity index (χ0) is 14.2. The third-order valence-electron chi connectivity index (χ3n) is 3.47. The van der Waals surface area contributed by atoms with Gasteiger partial charge in [0.25, 0.3) is 5.69 Å². The molecule has 1 aromatic rings. The number of nitro groups is 1. The van der Waals surface area contributed by atoms with Crippen LogP contribution in [0.15, 0.2) is 12.1 Å². The van der Waals surface area contributed by atoms with Crippen molar-refractivity contribution in [2.45, 2.75) is 18.9 Å². The second-order valence-corrected chi connectivity index (χ2v) is 5.58. The van der Waals surface area contributed by atoms with Crippen molar-refractivity contribution in [1.82, 2.24) is 0 Å². The maximum atomic E-state index is 10.7. The summed E-state index contributed by atoms with van der Waals surface area (Å²) in [6.07, 6.45) is 2.29. The molecule has 1 fully saturated rings. The van der Waals surface area contributed by atoms with Gasteiger partial charge in [-0.05, 0) is 18.8 Å². The molecule has 0 saturated heterocycles. The molecule has 5 nitrogen and oxygen atoms in total. The molecule has 1 aromatic carbocycles. The van der Waals surface area contributed by atoms with Gasteiger partial charge in [-0.25, -0.2) is 0 Å². The number of hydrogen-bond acceptors (Lipinski definition) is 4. The predicted molar refractivity (Wildman–Crippen MR) is 77.1 cm³/mol. The lowest BCUT2D eigenvalue weighted by Crippen LogP contribution is -2.40.